The Labute approximate surface area is 112 Å². The van der Waals surface area contributed by atoms with Crippen molar-refractivity contribution in [2.75, 3.05) is 18.5 Å². The number of nitrogens with zero attached hydrogens (tertiary/aromatic N) is 1. The number of halogens is 1. The third-order valence-corrected chi connectivity index (χ3v) is 3.17. The molecule has 3 N–H and O–H groups in total. The van der Waals surface area contributed by atoms with Crippen molar-refractivity contribution in [1.82, 2.24) is 0 Å². The van der Waals surface area contributed by atoms with Gasteiger partial charge in [-0.3, -0.25) is 0 Å². The molecule has 1 aromatic rings. The minimum atomic E-state index is -0.714. The van der Waals surface area contributed by atoms with Crippen molar-refractivity contribution >= 4 is 21.6 Å². The molecule has 0 aromatic heterocycles. The van der Waals surface area contributed by atoms with E-state index in [1.165, 1.54) is 0 Å². The van der Waals surface area contributed by atoms with Crippen LogP contribution in [0.25, 0.3) is 0 Å². The molecule has 0 spiro atoms. The number of hydrogen-bond acceptors (Lipinski definition) is 3. The van der Waals surface area contributed by atoms with Gasteiger partial charge in [0.1, 0.15) is 0 Å². The van der Waals surface area contributed by atoms with Crippen LogP contribution in [0.3, 0.4) is 0 Å². The number of rotatable bonds is 4. The maximum absolute atomic E-state index is 9.81. The van der Waals surface area contributed by atoms with E-state index in [0.717, 1.165) is 15.7 Å². The summed E-state index contributed by atoms with van der Waals surface area (Å²) in [6.07, 6.45) is 0. The highest BCUT2D eigenvalue weighted by Crippen LogP contribution is 2.29. The average Bonchev–Trinajstić information content (AvgIpc) is 2.14. The number of hydrogen-bond donors (Lipinski definition) is 2. The molecule has 0 saturated carbocycles. The minimum Gasteiger partial charge on any atom is -0.389 e. The normalized spacial score (nSPS) is 13.6. The summed E-state index contributed by atoms with van der Waals surface area (Å²) in [5, 5.41) is 9.81. The molecule has 0 aliphatic heterocycles. The van der Waals surface area contributed by atoms with Crippen LogP contribution in [0.5, 0.6) is 0 Å². The van der Waals surface area contributed by atoms with E-state index in [1.54, 1.807) is 13.8 Å². The summed E-state index contributed by atoms with van der Waals surface area (Å²) in [5.41, 5.74) is 7.27. The summed E-state index contributed by atoms with van der Waals surface area (Å²) in [6.45, 7) is 6.13. The van der Waals surface area contributed by atoms with Gasteiger partial charge >= 0.3 is 0 Å². The van der Waals surface area contributed by atoms with Crippen molar-refractivity contribution in [3.05, 3.63) is 28.2 Å². The standard InChI is InChI=1S/C13H21BrN2O/c1-9(15)10-5-6-12(11(14)7-10)16(4)8-13(2,3)17/h5-7,9,17H,8,15H2,1-4H3. The van der Waals surface area contributed by atoms with Crippen molar-refractivity contribution in [2.45, 2.75) is 32.4 Å². The van der Waals surface area contributed by atoms with Gasteiger partial charge in [0.05, 0.1) is 11.3 Å². The summed E-state index contributed by atoms with van der Waals surface area (Å²) in [7, 11) is 1.96. The molecule has 17 heavy (non-hydrogen) atoms. The van der Waals surface area contributed by atoms with E-state index in [1.807, 2.05) is 37.1 Å². The summed E-state index contributed by atoms with van der Waals surface area (Å²) in [5.74, 6) is 0. The SMILES string of the molecule is CC(N)c1ccc(N(C)CC(C)(C)O)c(Br)c1. The summed E-state index contributed by atoms with van der Waals surface area (Å²) >= 11 is 3.54. The van der Waals surface area contributed by atoms with E-state index >= 15 is 0 Å². The summed E-state index contributed by atoms with van der Waals surface area (Å²) < 4.78 is 0.999. The zero-order valence-electron chi connectivity index (χ0n) is 10.9. The Morgan fingerprint density at radius 1 is 1.47 bits per heavy atom. The monoisotopic (exact) mass is 300 g/mol. The average molecular weight is 301 g/mol. The molecule has 1 rings (SSSR count). The lowest BCUT2D eigenvalue weighted by atomic mass is 10.1. The van der Waals surface area contributed by atoms with Crippen LogP contribution < -0.4 is 10.6 Å². The molecule has 1 unspecified atom stereocenters. The van der Waals surface area contributed by atoms with Gasteiger partial charge in [-0.15, -0.1) is 0 Å². The summed E-state index contributed by atoms with van der Waals surface area (Å²) in [6, 6.07) is 6.10. The zero-order chi connectivity index (χ0) is 13.2. The Balaban J connectivity index is 2.92. The lowest BCUT2D eigenvalue weighted by Crippen LogP contribution is -2.36. The van der Waals surface area contributed by atoms with Crippen LogP contribution >= 0.6 is 15.9 Å². The predicted octanol–water partition coefficient (Wildman–Crippen LogP) is 2.68. The fraction of sp³-hybridized carbons (Fsp3) is 0.538. The van der Waals surface area contributed by atoms with E-state index in [-0.39, 0.29) is 6.04 Å². The number of nitrogens with two attached hydrogens (primary N) is 1. The Morgan fingerprint density at radius 2 is 2.06 bits per heavy atom. The number of aliphatic hydroxyl groups is 1. The fourth-order valence-corrected chi connectivity index (χ4v) is 2.48. The molecule has 0 amide bonds. The maximum atomic E-state index is 9.81. The fourth-order valence-electron chi connectivity index (χ4n) is 1.78. The van der Waals surface area contributed by atoms with Crippen LogP contribution in [0.15, 0.2) is 22.7 Å². The van der Waals surface area contributed by atoms with Crippen LogP contribution in [0, 0.1) is 0 Å². The third-order valence-electron chi connectivity index (χ3n) is 2.53. The number of anilines is 1. The molecule has 0 saturated heterocycles. The van der Waals surface area contributed by atoms with Crippen molar-refractivity contribution in [1.29, 1.82) is 0 Å². The van der Waals surface area contributed by atoms with Gasteiger partial charge in [0.2, 0.25) is 0 Å². The lowest BCUT2D eigenvalue weighted by molar-refractivity contribution is 0.0886. The number of benzene rings is 1. The smallest absolute Gasteiger partial charge is 0.0765 e. The van der Waals surface area contributed by atoms with Crippen molar-refractivity contribution in [3.63, 3.8) is 0 Å². The highest BCUT2D eigenvalue weighted by atomic mass is 79.9. The molecule has 96 valence electrons. The van der Waals surface area contributed by atoms with Crippen LogP contribution in [0.1, 0.15) is 32.4 Å². The molecular formula is C13H21BrN2O. The Morgan fingerprint density at radius 3 is 2.47 bits per heavy atom. The highest BCUT2D eigenvalue weighted by Gasteiger charge is 2.17. The van der Waals surface area contributed by atoms with Gasteiger partial charge in [0.15, 0.2) is 0 Å². The second-order valence-electron chi connectivity index (χ2n) is 5.17. The number of likely N-dealkylation sites (N-methyl/N-ethyl adjacent to an activating group) is 1. The molecule has 0 bridgehead atoms. The second-order valence-corrected chi connectivity index (χ2v) is 6.02. The van der Waals surface area contributed by atoms with Gasteiger partial charge in [0.25, 0.3) is 0 Å². The van der Waals surface area contributed by atoms with Crippen LogP contribution in [0.4, 0.5) is 5.69 Å². The molecule has 3 nitrogen and oxygen atoms in total. The first-order valence-electron chi connectivity index (χ1n) is 5.69. The van der Waals surface area contributed by atoms with E-state index in [0.29, 0.717) is 6.54 Å². The predicted molar refractivity (Wildman–Crippen MR) is 76.3 cm³/mol. The molecule has 1 atom stereocenters. The van der Waals surface area contributed by atoms with E-state index in [2.05, 4.69) is 15.9 Å². The quantitative estimate of drug-likeness (QED) is 0.899. The first-order chi connectivity index (χ1) is 7.70. The summed E-state index contributed by atoms with van der Waals surface area (Å²) in [4.78, 5) is 2.02. The second kappa shape index (κ2) is 5.38. The largest absolute Gasteiger partial charge is 0.389 e. The maximum Gasteiger partial charge on any atom is 0.0765 e. The van der Waals surface area contributed by atoms with Gasteiger partial charge in [-0.25, -0.2) is 0 Å². The van der Waals surface area contributed by atoms with Gasteiger partial charge in [0, 0.05) is 24.1 Å². The molecule has 0 radical (unpaired) electrons. The lowest BCUT2D eigenvalue weighted by Gasteiger charge is -2.28. The van der Waals surface area contributed by atoms with Crippen molar-refractivity contribution < 1.29 is 5.11 Å². The molecule has 0 fully saturated rings. The molecular weight excluding hydrogens is 280 g/mol. The van der Waals surface area contributed by atoms with Crippen molar-refractivity contribution in [2.24, 2.45) is 5.73 Å². The van der Waals surface area contributed by atoms with E-state index in [9.17, 15) is 5.11 Å². The van der Waals surface area contributed by atoms with E-state index in [4.69, 9.17) is 5.73 Å². The molecule has 0 aliphatic rings. The Bertz CT molecular complexity index is 385. The Hall–Kier alpha value is -0.580. The third kappa shape index (κ3) is 4.30. The Kier molecular flexibility index (Phi) is 4.58. The first-order valence-corrected chi connectivity index (χ1v) is 6.48. The molecule has 4 heteroatoms. The minimum absolute atomic E-state index is 0.0277. The topological polar surface area (TPSA) is 49.5 Å². The van der Waals surface area contributed by atoms with Crippen molar-refractivity contribution in [3.8, 4) is 0 Å². The molecule has 0 aliphatic carbocycles. The van der Waals surface area contributed by atoms with Crippen LogP contribution in [-0.4, -0.2) is 24.3 Å². The van der Waals surface area contributed by atoms with Gasteiger partial charge in [-0.1, -0.05) is 6.07 Å². The first kappa shape index (κ1) is 14.5. The molecule has 1 aromatic carbocycles. The van der Waals surface area contributed by atoms with Crippen LogP contribution in [0.2, 0.25) is 0 Å². The van der Waals surface area contributed by atoms with Gasteiger partial charge in [-0.2, -0.15) is 0 Å². The highest BCUT2D eigenvalue weighted by molar-refractivity contribution is 9.10. The van der Waals surface area contributed by atoms with Gasteiger partial charge in [-0.05, 0) is 54.4 Å². The van der Waals surface area contributed by atoms with Gasteiger partial charge < -0.3 is 15.7 Å². The molecule has 0 heterocycles. The van der Waals surface area contributed by atoms with Crippen LogP contribution in [-0.2, 0) is 0 Å². The zero-order valence-corrected chi connectivity index (χ0v) is 12.5. The van der Waals surface area contributed by atoms with E-state index < -0.39 is 5.60 Å².